The lowest BCUT2D eigenvalue weighted by Gasteiger charge is -2.07. The fourth-order valence-electron chi connectivity index (χ4n) is 2.48. The molecular weight excluding hydrogens is 305 g/mol. The molecule has 3 nitrogen and oxygen atoms in total. The number of hydrogen-bond donors (Lipinski definition) is 1. The maximum Gasteiger partial charge on any atom is 0.140 e. The molecule has 0 spiro atoms. The largest absolute Gasteiger partial charge is 0.328 e. The van der Waals surface area contributed by atoms with Crippen molar-refractivity contribution in [3.8, 4) is 0 Å². The van der Waals surface area contributed by atoms with Crippen molar-refractivity contribution >= 4 is 34.2 Å². The van der Waals surface area contributed by atoms with Crippen LogP contribution in [0.3, 0.4) is 0 Å². The van der Waals surface area contributed by atoms with Crippen molar-refractivity contribution in [3.63, 3.8) is 0 Å². The summed E-state index contributed by atoms with van der Waals surface area (Å²) in [6, 6.07) is 9.63. The first kappa shape index (κ1) is 14.4. The van der Waals surface area contributed by atoms with Gasteiger partial charge in [0.15, 0.2) is 0 Å². The molecule has 108 valence electrons. The molecule has 1 N–H and O–H groups in total. The van der Waals surface area contributed by atoms with Gasteiger partial charge in [0.1, 0.15) is 5.65 Å². The zero-order valence-electron chi connectivity index (χ0n) is 11.6. The van der Waals surface area contributed by atoms with Crippen molar-refractivity contribution in [1.82, 2.24) is 14.9 Å². The van der Waals surface area contributed by atoms with Gasteiger partial charge < -0.3 is 9.88 Å². The summed E-state index contributed by atoms with van der Waals surface area (Å²) in [7, 11) is 1.94. The fraction of sp³-hybridized carbons (Fsp3) is 0.188. The van der Waals surface area contributed by atoms with Gasteiger partial charge in [-0.3, -0.25) is 0 Å². The van der Waals surface area contributed by atoms with E-state index in [2.05, 4.69) is 27.1 Å². The lowest BCUT2D eigenvalue weighted by atomic mass is 10.2. The van der Waals surface area contributed by atoms with Crippen LogP contribution in [0.1, 0.15) is 11.1 Å². The van der Waals surface area contributed by atoms with Crippen LogP contribution in [0.2, 0.25) is 10.0 Å². The summed E-state index contributed by atoms with van der Waals surface area (Å²) in [6.45, 7) is 1.48. The molecule has 0 radical (unpaired) electrons. The van der Waals surface area contributed by atoms with E-state index in [1.165, 1.54) is 5.56 Å². The van der Waals surface area contributed by atoms with Gasteiger partial charge in [-0.25, -0.2) is 4.98 Å². The number of nitrogens with one attached hydrogen (secondary N) is 1. The van der Waals surface area contributed by atoms with Crippen molar-refractivity contribution in [3.05, 3.63) is 63.9 Å². The number of hydrogen-bond acceptors (Lipinski definition) is 2. The molecule has 0 atom stereocenters. The number of fused-ring (bicyclic) bond motifs is 1. The predicted octanol–water partition coefficient (Wildman–Crippen LogP) is 4.11. The Hall–Kier alpha value is -1.55. The first-order valence-electron chi connectivity index (χ1n) is 6.70. The Balaban J connectivity index is 2.04. The maximum absolute atomic E-state index is 6.27. The Labute approximate surface area is 133 Å². The number of pyridine rings is 1. The van der Waals surface area contributed by atoms with Crippen LogP contribution in [0.5, 0.6) is 0 Å². The minimum Gasteiger partial charge on any atom is -0.328 e. The molecule has 0 saturated carbocycles. The van der Waals surface area contributed by atoms with Gasteiger partial charge in [0, 0.05) is 34.4 Å². The standard InChI is InChI=1S/C16H15Cl2N3/c1-19-8-12-10-21(16-14(12)3-2-6-20-16)9-11-4-5-13(17)7-15(11)18/h2-7,10,19H,8-9H2,1H3. The highest BCUT2D eigenvalue weighted by Gasteiger charge is 2.10. The van der Waals surface area contributed by atoms with Crippen LogP contribution < -0.4 is 5.32 Å². The summed E-state index contributed by atoms with van der Waals surface area (Å²) in [6.07, 6.45) is 3.94. The smallest absolute Gasteiger partial charge is 0.140 e. The van der Waals surface area contributed by atoms with Crippen molar-refractivity contribution in [2.24, 2.45) is 0 Å². The summed E-state index contributed by atoms with van der Waals surface area (Å²) in [5.74, 6) is 0. The van der Waals surface area contributed by atoms with E-state index in [1.54, 1.807) is 6.07 Å². The molecule has 0 aliphatic rings. The third kappa shape index (κ3) is 2.91. The minimum atomic E-state index is 0.648. The Morgan fingerprint density at radius 2 is 2.05 bits per heavy atom. The summed E-state index contributed by atoms with van der Waals surface area (Å²) < 4.78 is 2.12. The molecule has 1 aromatic carbocycles. The first-order valence-corrected chi connectivity index (χ1v) is 7.46. The van der Waals surface area contributed by atoms with Gasteiger partial charge in [0.25, 0.3) is 0 Å². The van der Waals surface area contributed by atoms with Gasteiger partial charge in [0.05, 0.1) is 6.54 Å². The molecule has 2 aromatic heterocycles. The van der Waals surface area contributed by atoms with E-state index < -0.39 is 0 Å². The second kappa shape index (κ2) is 6.06. The van der Waals surface area contributed by atoms with E-state index in [0.29, 0.717) is 16.6 Å². The van der Waals surface area contributed by atoms with Crippen LogP contribution >= 0.6 is 23.2 Å². The molecule has 0 amide bonds. The van der Waals surface area contributed by atoms with Crippen LogP contribution in [-0.2, 0) is 13.1 Å². The highest BCUT2D eigenvalue weighted by molar-refractivity contribution is 6.35. The third-order valence-corrected chi connectivity index (χ3v) is 4.03. The lowest BCUT2D eigenvalue weighted by Crippen LogP contribution is -2.04. The summed E-state index contributed by atoms with van der Waals surface area (Å²) in [5, 5.41) is 5.68. The van der Waals surface area contributed by atoms with Crippen molar-refractivity contribution < 1.29 is 0 Å². The molecule has 0 fully saturated rings. The lowest BCUT2D eigenvalue weighted by molar-refractivity contribution is 0.792. The Morgan fingerprint density at radius 3 is 2.81 bits per heavy atom. The second-order valence-corrected chi connectivity index (χ2v) is 5.77. The van der Waals surface area contributed by atoms with Crippen LogP contribution in [0.15, 0.2) is 42.7 Å². The fourth-order valence-corrected chi connectivity index (χ4v) is 2.95. The number of rotatable bonds is 4. The molecular formula is C16H15Cl2N3. The van der Waals surface area contributed by atoms with Crippen molar-refractivity contribution in [2.75, 3.05) is 7.05 Å². The number of nitrogens with zero attached hydrogens (tertiary/aromatic N) is 2. The van der Waals surface area contributed by atoms with E-state index in [1.807, 2.05) is 31.4 Å². The summed E-state index contributed by atoms with van der Waals surface area (Å²) in [5.41, 5.74) is 3.22. The topological polar surface area (TPSA) is 29.9 Å². The Bertz CT molecular complexity index is 780. The van der Waals surface area contributed by atoms with E-state index in [-0.39, 0.29) is 0 Å². The minimum absolute atomic E-state index is 0.648. The Kier molecular flexibility index (Phi) is 4.15. The quantitative estimate of drug-likeness (QED) is 0.784. The van der Waals surface area contributed by atoms with Crippen LogP contribution in [-0.4, -0.2) is 16.6 Å². The zero-order chi connectivity index (χ0) is 14.8. The number of benzene rings is 1. The molecule has 21 heavy (non-hydrogen) atoms. The van der Waals surface area contributed by atoms with Crippen LogP contribution in [0.25, 0.3) is 11.0 Å². The molecule has 0 unspecified atom stereocenters. The SMILES string of the molecule is CNCc1cn(Cc2ccc(Cl)cc2Cl)c2ncccc12. The molecule has 3 rings (SSSR count). The van der Waals surface area contributed by atoms with E-state index in [9.17, 15) is 0 Å². The molecule has 5 heteroatoms. The van der Waals surface area contributed by atoms with Crippen molar-refractivity contribution in [1.29, 1.82) is 0 Å². The summed E-state index contributed by atoms with van der Waals surface area (Å²) >= 11 is 12.2. The van der Waals surface area contributed by atoms with Crippen LogP contribution in [0.4, 0.5) is 0 Å². The first-order chi connectivity index (χ1) is 10.2. The molecule has 0 bridgehead atoms. The van der Waals surface area contributed by atoms with Gasteiger partial charge >= 0.3 is 0 Å². The highest BCUT2D eigenvalue weighted by Crippen LogP contribution is 2.25. The normalized spacial score (nSPS) is 11.2. The van der Waals surface area contributed by atoms with Crippen molar-refractivity contribution in [2.45, 2.75) is 13.1 Å². The zero-order valence-corrected chi connectivity index (χ0v) is 13.1. The average Bonchev–Trinajstić information content (AvgIpc) is 2.81. The van der Waals surface area contributed by atoms with Crippen LogP contribution in [0, 0.1) is 0 Å². The Morgan fingerprint density at radius 1 is 1.19 bits per heavy atom. The molecule has 0 saturated heterocycles. The van der Waals surface area contributed by atoms with Gasteiger partial charge in [-0.05, 0) is 42.4 Å². The molecule has 0 aliphatic carbocycles. The second-order valence-electron chi connectivity index (χ2n) is 4.92. The molecule has 0 aliphatic heterocycles. The van der Waals surface area contributed by atoms with E-state index >= 15 is 0 Å². The van der Waals surface area contributed by atoms with E-state index in [4.69, 9.17) is 23.2 Å². The monoisotopic (exact) mass is 319 g/mol. The van der Waals surface area contributed by atoms with Gasteiger partial charge in [0.2, 0.25) is 0 Å². The maximum atomic E-state index is 6.27. The predicted molar refractivity (Wildman–Crippen MR) is 88.1 cm³/mol. The average molecular weight is 320 g/mol. The molecule has 2 heterocycles. The third-order valence-electron chi connectivity index (χ3n) is 3.44. The number of halogens is 2. The molecule has 3 aromatic rings. The van der Waals surface area contributed by atoms with Gasteiger partial charge in [-0.1, -0.05) is 29.3 Å². The highest BCUT2D eigenvalue weighted by atomic mass is 35.5. The van der Waals surface area contributed by atoms with Gasteiger partial charge in [-0.2, -0.15) is 0 Å². The van der Waals surface area contributed by atoms with Gasteiger partial charge in [-0.15, -0.1) is 0 Å². The number of aromatic nitrogens is 2. The van der Waals surface area contributed by atoms with E-state index in [0.717, 1.165) is 23.1 Å². The summed E-state index contributed by atoms with van der Waals surface area (Å²) in [4.78, 5) is 4.49.